The smallest absolute Gasteiger partial charge is 0.328 e. The van der Waals surface area contributed by atoms with Gasteiger partial charge < -0.3 is 21.3 Å². The van der Waals surface area contributed by atoms with Gasteiger partial charge in [0.1, 0.15) is 17.8 Å². The van der Waals surface area contributed by atoms with Crippen molar-refractivity contribution in [3.63, 3.8) is 0 Å². The molecule has 18 heavy (non-hydrogen) atoms. The van der Waals surface area contributed by atoms with E-state index in [1.807, 2.05) is 0 Å². The van der Waals surface area contributed by atoms with E-state index in [-0.39, 0.29) is 6.42 Å². The molecular weight excluding hydrogens is 236 g/mol. The third-order valence-electron chi connectivity index (χ3n) is 2.29. The maximum Gasteiger partial charge on any atom is 0.328 e. The van der Waals surface area contributed by atoms with E-state index in [1.165, 1.54) is 6.92 Å². The van der Waals surface area contributed by atoms with Gasteiger partial charge in [0.2, 0.25) is 0 Å². The minimum absolute atomic E-state index is 0.219. The maximum atomic E-state index is 11.2. The van der Waals surface area contributed by atoms with Crippen LogP contribution in [-0.2, 0) is 16.0 Å². The Labute approximate surface area is 105 Å². The molecule has 1 rings (SSSR count). The molecule has 0 fully saturated rings. The Balaban J connectivity index is 2.63. The Hall–Kier alpha value is -1.92. The van der Waals surface area contributed by atoms with E-state index >= 15 is 0 Å². The van der Waals surface area contributed by atoms with Crippen molar-refractivity contribution in [3.8, 4) is 5.75 Å². The van der Waals surface area contributed by atoms with Gasteiger partial charge in [-0.2, -0.15) is 0 Å². The SMILES string of the molecule is C[C@@H](N)C(=O)Oc1ccc(C[C@H](N)C(=O)O)cc1. The maximum absolute atomic E-state index is 11.2. The topological polar surface area (TPSA) is 116 Å². The second-order valence-electron chi connectivity index (χ2n) is 4.00. The lowest BCUT2D eigenvalue weighted by molar-refractivity contribution is -0.138. The molecule has 0 radical (unpaired) electrons. The first-order chi connectivity index (χ1) is 8.40. The number of benzene rings is 1. The number of carbonyl (C=O) groups excluding carboxylic acids is 1. The van der Waals surface area contributed by atoms with Crippen LogP contribution in [0.4, 0.5) is 0 Å². The van der Waals surface area contributed by atoms with Crippen LogP contribution in [-0.4, -0.2) is 29.1 Å². The van der Waals surface area contributed by atoms with Crippen molar-refractivity contribution >= 4 is 11.9 Å². The highest BCUT2D eigenvalue weighted by Crippen LogP contribution is 2.13. The average molecular weight is 252 g/mol. The van der Waals surface area contributed by atoms with Gasteiger partial charge >= 0.3 is 11.9 Å². The number of esters is 1. The van der Waals surface area contributed by atoms with E-state index in [0.29, 0.717) is 5.75 Å². The number of rotatable bonds is 5. The van der Waals surface area contributed by atoms with Crippen LogP contribution >= 0.6 is 0 Å². The molecule has 1 aromatic rings. The molecule has 0 aliphatic heterocycles. The Morgan fingerprint density at radius 3 is 2.28 bits per heavy atom. The first-order valence-electron chi connectivity index (χ1n) is 5.44. The van der Waals surface area contributed by atoms with Crippen LogP contribution in [0.5, 0.6) is 5.75 Å². The standard InChI is InChI=1S/C12H16N2O4/c1-7(13)12(17)18-9-4-2-8(3-5-9)6-10(14)11(15)16/h2-5,7,10H,6,13-14H2,1H3,(H,15,16)/t7-,10+/m1/s1. The lowest BCUT2D eigenvalue weighted by Crippen LogP contribution is -2.32. The molecule has 0 bridgehead atoms. The monoisotopic (exact) mass is 252 g/mol. The van der Waals surface area contributed by atoms with Crippen LogP contribution in [0.1, 0.15) is 12.5 Å². The molecule has 0 saturated carbocycles. The van der Waals surface area contributed by atoms with Crippen LogP contribution in [0, 0.1) is 0 Å². The fourth-order valence-corrected chi connectivity index (χ4v) is 1.24. The van der Waals surface area contributed by atoms with Crippen molar-refractivity contribution < 1.29 is 19.4 Å². The van der Waals surface area contributed by atoms with Crippen LogP contribution in [0.15, 0.2) is 24.3 Å². The van der Waals surface area contributed by atoms with Crippen molar-refractivity contribution in [2.24, 2.45) is 11.5 Å². The molecule has 0 amide bonds. The minimum atomic E-state index is -1.05. The molecule has 0 spiro atoms. The third-order valence-corrected chi connectivity index (χ3v) is 2.29. The van der Waals surface area contributed by atoms with Gasteiger partial charge in [-0.15, -0.1) is 0 Å². The summed E-state index contributed by atoms with van der Waals surface area (Å²) in [7, 11) is 0. The molecule has 0 aliphatic carbocycles. The van der Waals surface area contributed by atoms with Gasteiger partial charge in [0.25, 0.3) is 0 Å². The molecule has 0 heterocycles. The molecule has 2 atom stereocenters. The van der Waals surface area contributed by atoms with Crippen molar-refractivity contribution in [2.75, 3.05) is 0 Å². The lowest BCUT2D eigenvalue weighted by atomic mass is 10.1. The van der Waals surface area contributed by atoms with E-state index < -0.39 is 24.0 Å². The zero-order valence-electron chi connectivity index (χ0n) is 10.00. The second-order valence-corrected chi connectivity index (χ2v) is 4.00. The highest BCUT2D eigenvalue weighted by atomic mass is 16.5. The average Bonchev–Trinajstić information content (AvgIpc) is 2.31. The van der Waals surface area contributed by atoms with Crippen LogP contribution < -0.4 is 16.2 Å². The van der Waals surface area contributed by atoms with Gasteiger partial charge in [-0.3, -0.25) is 4.79 Å². The molecule has 1 aromatic carbocycles. The number of ether oxygens (including phenoxy) is 1. The Morgan fingerprint density at radius 2 is 1.83 bits per heavy atom. The fraction of sp³-hybridized carbons (Fsp3) is 0.333. The van der Waals surface area contributed by atoms with Crippen LogP contribution in [0.2, 0.25) is 0 Å². The number of carboxylic acids is 1. The summed E-state index contributed by atoms with van der Waals surface area (Å²) in [5.74, 6) is -1.21. The van der Waals surface area contributed by atoms with E-state index in [2.05, 4.69) is 0 Å². The summed E-state index contributed by atoms with van der Waals surface area (Å²) in [6, 6.07) is 4.83. The second kappa shape index (κ2) is 6.13. The first kappa shape index (κ1) is 14.1. The summed E-state index contributed by atoms with van der Waals surface area (Å²) < 4.78 is 4.97. The van der Waals surface area contributed by atoms with Crippen molar-refractivity contribution in [1.82, 2.24) is 0 Å². The van der Waals surface area contributed by atoms with Crippen molar-refractivity contribution in [1.29, 1.82) is 0 Å². The normalized spacial score (nSPS) is 13.7. The van der Waals surface area contributed by atoms with Gasteiger partial charge in [-0.1, -0.05) is 12.1 Å². The molecule has 0 aromatic heterocycles. The third kappa shape index (κ3) is 4.15. The number of carboxylic acid groups (broad SMARTS) is 1. The molecule has 6 heteroatoms. The summed E-state index contributed by atoms with van der Waals surface area (Å²) in [4.78, 5) is 21.8. The Morgan fingerprint density at radius 1 is 1.28 bits per heavy atom. The largest absolute Gasteiger partial charge is 0.480 e. The van der Waals surface area contributed by atoms with Crippen LogP contribution in [0.3, 0.4) is 0 Å². The Kier molecular flexibility index (Phi) is 4.82. The van der Waals surface area contributed by atoms with Crippen molar-refractivity contribution in [3.05, 3.63) is 29.8 Å². The van der Waals surface area contributed by atoms with Crippen LogP contribution in [0.25, 0.3) is 0 Å². The van der Waals surface area contributed by atoms with Gasteiger partial charge in [0, 0.05) is 0 Å². The van der Waals surface area contributed by atoms with Gasteiger partial charge in [0.05, 0.1) is 0 Å². The summed E-state index contributed by atoms with van der Waals surface area (Å²) in [5.41, 5.74) is 11.5. The van der Waals surface area contributed by atoms with Gasteiger partial charge in [0.15, 0.2) is 0 Å². The van der Waals surface area contributed by atoms with E-state index in [4.69, 9.17) is 21.3 Å². The highest BCUT2D eigenvalue weighted by Gasteiger charge is 2.13. The minimum Gasteiger partial charge on any atom is -0.480 e. The first-order valence-corrected chi connectivity index (χ1v) is 5.44. The Bertz CT molecular complexity index is 428. The van der Waals surface area contributed by atoms with E-state index in [0.717, 1.165) is 5.56 Å². The molecular formula is C12H16N2O4. The summed E-state index contributed by atoms with van der Waals surface area (Å²) in [5, 5.41) is 8.67. The molecule has 5 N–H and O–H groups in total. The molecule has 0 aliphatic rings. The summed E-state index contributed by atoms with van der Waals surface area (Å²) in [6.45, 7) is 1.53. The fourth-order valence-electron chi connectivity index (χ4n) is 1.24. The molecule has 0 saturated heterocycles. The molecule has 0 unspecified atom stereocenters. The van der Waals surface area contributed by atoms with Gasteiger partial charge in [-0.05, 0) is 31.0 Å². The molecule has 98 valence electrons. The summed E-state index contributed by atoms with van der Waals surface area (Å²) >= 11 is 0. The number of nitrogens with two attached hydrogens (primary N) is 2. The zero-order valence-corrected chi connectivity index (χ0v) is 10.00. The number of hydrogen-bond donors (Lipinski definition) is 3. The van der Waals surface area contributed by atoms with Gasteiger partial charge in [-0.25, -0.2) is 4.79 Å². The highest BCUT2D eigenvalue weighted by molar-refractivity contribution is 5.77. The predicted octanol–water partition coefficient (Wildman–Crippen LogP) is -0.106. The zero-order chi connectivity index (χ0) is 13.7. The van der Waals surface area contributed by atoms with Crippen molar-refractivity contribution in [2.45, 2.75) is 25.4 Å². The lowest BCUT2D eigenvalue weighted by Gasteiger charge is -2.09. The number of aliphatic carboxylic acids is 1. The molecule has 6 nitrogen and oxygen atoms in total. The predicted molar refractivity (Wildman–Crippen MR) is 65.0 cm³/mol. The quantitative estimate of drug-likeness (QED) is 0.497. The van der Waals surface area contributed by atoms with E-state index in [1.54, 1.807) is 24.3 Å². The van der Waals surface area contributed by atoms with E-state index in [9.17, 15) is 9.59 Å². The number of hydrogen-bond acceptors (Lipinski definition) is 5. The number of carbonyl (C=O) groups is 2. The summed E-state index contributed by atoms with van der Waals surface area (Å²) in [6.07, 6.45) is 0.219.